The molecule has 6 nitrogen and oxygen atoms in total. The largest absolute Gasteiger partial charge is 0.445 e. The first-order valence-corrected chi connectivity index (χ1v) is 10.8. The molecule has 0 unspecified atom stereocenters. The summed E-state index contributed by atoms with van der Waals surface area (Å²) in [6, 6.07) is 17.2. The molecule has 2 amide bonds. The van der Waals surface area contributed by atoms with Gasteiger partial charge in [-0.2, -0.15) is 11.8 Å². The van der Waals surface area contributed by atoms with Crippen LogP contribution in [0.2, 0.25) is 0 Å². The van der Waals surface area contributed by atoms with Crippen molar-refractivity contribution in [3.8, 4) is 0 Å². The van der Waals surface area contributed by atoms with Crippen LogP contribution in [0.1, 0.15) is 17.5 Å². The van der Waals surface area contributed by atoms with Crippen molar-refractivity contribution in [1.29, 1.82) is 0 Å². The molecule has 154 valence electrons. The Hall–Kier alpha value is -2.80. The minimum absolute atomic E-state index is 0.108. The third-order valence-corrected chi connectivity index (χ3v) is 4.87. The molecule has 29 heavy (non-hydrogen) atoms. The van der Waals surface area contributed by atoms with E-state index in [2.05, 4.69) is 10.6 Å². The summed E-state index contributed by atoms with van der Waals surface area (Å²) in [6.07, 6.45) is 2.80. The average Bonchev–Trinajstić information content (AvgIpc) is 2.76. The molecule has 7 heteroatoms. The minimum Gasteiger partial charge on any atom is -0.445 e. The highest BCUT2D eigenvalue weighted by Gasteiger charge is 2.24. The van der Waals surface area contributed by atoms with E-state index in [4.69, 9.17) is 4.74 Å². The maximum absolute atomic E-state index is 12.7. The summed E-state index contributed by atoms with van der Waals surface area (Å²) in [4.78, 5) is 36.3. The van der Waals surface area contributed by atoms with Crippen molar-refractivity contribution in [2.75, 3.05) is 12.0 Å². The number of alkyl carbamates (subject to hydrolysis) is 1. The van der Waals surface area contributed by atoms with Gasteiger partial charge in [-0.15, -0.1) is 0 Å². The van der Waals surface area contributed by atoms with Gasteiger partial charge in [0.05, 0.1) is 6.04 Å². The summed E-state index contributed by atoms with van der Waals surface area (Å²) < 4.78 is 5.24. The number of carbonyl (C=O) groups excluding carboxylic acids is 3. The molecule has 0 bridgehead atoms. The standard InChI is InChI=1S/C22H26N2O4S/c1-29-13-12-19(15-25)23-21(26)20(14-17-8-4-2-5-9-17)24-22(27)28-16-18-10-6-3-7-11-18/h2-11,15,19-20H,12-14,16H2,1H3,(H,23,26)(H,24,27)/t19-,20-/m0/s1. The van der Waals surface area contributed by atoms with Gasteiger partial charge in [0.25, 0.3) is 0 Å². The highest BCUT2D eigenvalue weighted by molar-refractivity contribution is 7.98. The Morgan fingerprint density at radius 3 is 2.21 bits per heavy atom. The summed E-state index contributed by atoms with van der Waals surface area (Å²) >= 11 is 1.60. The summed E-state index contributed by atoms with van der Waals surface area (Å²) in [6.45, 7) is 0.108. The van der Waals surface area contributed by atoms with Crippen molar-refractivity contribution in [3.63, 3.8) is 0 Å². The van der Waals surface area contributed by atoms with Crippen molar-refractivity contribution in [2.45, 2.75) is 31.5 Å². The molecule has 0 saturated carbocycles. The van der Waals surface area contributed by atoms with E-state index >= 15 is 0 Å². The van der Waals surface area contributed by atoms with Gasteiger partial charge in [0.15, 0.2) is 0 Å². The van der Waals surface area contributed by atoms with Crippen molar-refractivity contribution in [3.05, 3.63) is 71.8 Å². The van der Waals surface area contributed by atoms with Crippen molar-refractivity contribution >= 4 is 30.0 Å². The lowest BCUT2D eigenvalue weighted by atomic mass is 10.0. The molecule has 0 aliphatic rings. The highest BCUT2D eigenvalue weighted by Crippen LogP contribution is 2.06. The van der Waals surface area contributed by atoms with Crippen LogP contribution in [-0.2, 0) is 27.4 Å². The lowest BCUT2D eigenvalue weighted by Crippen LogP contribution is -2.51. The fraction of sp³-hybridized carbons (Fsp3) is 0.318. The Bertz CT molecular complexity index is 771. The summed E-state index contributed by atoms with van der Waals surface area (Å²) in [5.41, 5.74) is 1.74. The van der Waals surface area contributed by atoms with Crippen molar-refractivity contribution < 1.29 is 19.1 Å². The SMILES string of the molecule is CSCC[C@@H](C=O)NC(=O)[C@H](Cc1ccccc1)NC(=O)OCc1ccccc1. The van der Waals surface area contributed by atoms with Crippen LogP contribution in [-0.4, -0.2) is 42.4 Å². The topological polar surface area (TPSA) is 84.5 Å². The second-order valence-corrected chi connectivity index (χ2v) is 7.47. The molecule has 2 aromatic carbocycles. The van der Waals surface area contributed by atoms with Gasteiger partial charge < -0.3 is 20.2 Å². The molecule has 2 aromatic rings. The predicted octanol–water partition coefficient (Wildman–Crippen LogP) is 2.96. The first-order chi connectivity index (χ1) is 14.1. The zero-order valence-electron chi connectivity index (χ0n) is 16.4. The molecule has 0 heterocycles. The van der Waals surface area contributed by atoms with E-state index in [0.717, 1.165) is 23.2 Å². The van der Waals surface area contributed by atoms with Gasteiger partial charge >= 0.3 is 6.09 Å². The second kappa shape index (κ2) is 12.6. The third kappa shape index (κ3) is 8.39. The van der Waals surface area contributed by atoms with Crippen LogP contribution in [0.5, 0.6) is 0 Å². The number of thioether (sulfide) groups is 1. The van der Waals surface area contributed by atoms with E-state index < -0.39 is 24.1 Å². The van der Waals surface area contributed by atoms with Gasteiger partial charge in [0.1, 0.15) is 18.9 Å². The first-order valence-electron chi connectivity index (χ1n) is 9.38. The van der Waals surface area contributed by atoms with Gasteiger partial charge in [0, 0.05) is 6.42 Å². The van der Waals surface area contributed by atoms with Gasteiger partial charge in [-0.3, -0.25) is 4.79 Å². The molecule has 0 saturated heterocycles. The van der Waals surface area contributed by atoms with Gasteiger partial charge in [-0.1, -0.05) is 60.7 Å². The van der Waals surface area contributed by atoms with Gasteiger partial charge in [-0.05, 0) is 29.6 Å². The fourth-order valence-corrected chi connectivity index (χ4v) is 3.16. The molecule has 0 spiro atoms. The molecular weight excluding hydrogens is 388 g/mol. The normalized spacial score (nSPS) is 12.4. The predicted molar refractivity (Wildman–Crippen MR) is 115 cm³/mol. The zero-order valence-corrected chi connectivity index (χ0v) is 17.2. The molecule has 2 atom stereocenters. The summed E-state index contributed by atoms with van der Waals surface area (Å²) in [5, 5.41) is 5.34. The van der Waals surface area contributed by atoms with E-state index in [1.807, 2.05) is 66.9 Å². The second-order valence-electron chi connectivity index (χ2n) is 6.48. The fourth-order valence-electron chi connectivity index (χ4n) is 2.67. The molecule has 0 aliphatic heterocycles. The Kier molecular flexibility index (Phi) is 9.78. The Morgan fingerprint density at radius 1 is 1.00 bits per heavy atom. The molecule has 0 radical (unpaired) electrons. The molecule has 0 fully saturated rings. The Labute approximate surface area is 175 Å². The number of amides is 2. The van der Waals surface area contributed by atoms with E-state index in [1.165, 1.54) is 0 Å². The van der Waals surface area contributed by atoms with Crippen LogP contribution >= 0.6 is 11.8 Å². The van der Waals surface area contributed by atoms with Crippen LogP contribution in [0.4, 0.5) is 4.79 Å². The van der Waals surface area contributed by atoms with Crippen LogP contribution < -0.4 is 10.6 Å². The first kappa shape index (κ1) is 22.5. The van der Waals surface area contributed by atoms with E-state index in [-0.39, 0.29) is 6.61 Å². The summed E-state index contributed by atoms with van der Waals surface area (Å²) in [5.74, 6) is 0.336. The van der Waals surface area contributed by atoms with E-state index in [0.29, 0.717) is 12.8 Å². The number of aldehydes is 1. The number of ether oxygens (including phenoxy) is 1. The number of carbonyl (C=O) groups is 3. The summed E-state index contributed by atoms with van der Waals surface area (Å²) in [7, 11) is 0. The Balaban J connectivity index is 2.00. The number of hydrogen-bond acceptors (Lipinski definition) is 5. The van der Waals surface area contributed by atoms with Crippen LogP contribution in [0, 0.1) is 0 Å². The van der Waals surface area contributed by atoms with Crippen molar-refractivity contribution in [1.82, 2.24) is 10.6 Å². The maximum atomic E-state index is 12.7. The lowest BCUT2D eigenvalue weighted by molar-refractivity contribution is -0.125. The monoisotopic (exact) mass is 414 g/mol. The number of nitrogens with one attached hydrogen (secondary N) is 2. The molecular formula is C22H26N2O4S. The van der Waals surface area contributed by atoms with E-state index in [1.54, 1.807) is 11.8 Å². The molecule has 2 N–H and O–H groups in total. The third-order valence-electron chi connectivity index (χ3n) is 4.23. The van der Waals surface area contributed by atoms with Gasteiger partial charge in [-0.25, -0.2) is 4.79 Å². The van der Waals surface area contributed by atoms with Crippen molar-refractivity contribution in [2.24, 2.45) is 0 Å². The Morgan fingerprint density at radius 2 is 1.62 bits per heavy atom. The molecule has 2 rings (SSSR count). The van der Waals surface area contributed by atoms with Crippen LogP contribution in [0.15, 0.2) is 60.7 Å². The van der Waals surface area contributed by atoms with E-state index in [9.17, 15) is 14.4 Å². The average molecular weight is 415 g/mol. The van der Waals surface area contributed by atoms with Gasteiger partial charge in [0.2, 0.25) is 5.91 Å². The van der Waals surface area contributed by atoms with Crippen LogP contribution in [0.3, 0.4) is 0 Å². The smallest absolute Gasteiger partial charge is 0.408 e. The number of benzene rings is 2. The molecule has 0 aliphatic carbocycles. The van der Waals surface area contributed by atoms with Crippen LogP contribution in [0.25, 0.3) is 0 Å². The zero-order chi connectivity index (χ0) is 20.9. The minimum atomic E-state index is -0.850. The highest BCUT2D eigenvalue weighted by atomic mass is 32.2. The maximum Gasteiger partial charge on any atom is 0.408 e. The molecule has 0 aromatic heterocycles. The number of hydrogen-bond donors (Lipinski definition) is 2. The quantitative estimate of drug-likeness (QED) is 0.552. The lowest BCUT2D eigenvalue weighted by Gasteiger charge is -2.21. The number of rotatable bonds is 11.